The van der Waals surface area contributed by atoms with Gasteiger partial charge in [0.2, 0.25) is 10.3 Å². The quantitative estimate of drug-likeness (QED) is 0.408. The number of hydrogen-bond acceptors (Lipinski definition) is 2. The van der Waals surface area contributed by atoms with E-state index in [0.29, 0.717) is 5.37 Å². The standard InChI is InChI=1S/C2H3O3S/c3-1-2-6(4)5/h2H,1H2. The van der Waals surface area contributed by atoms with Crippen LogP contribution in [0.25, 0.3) is 0 Å². The maximum Gasteiger partial charge on any atom is 0.212 e. The molecule has 0 saturated carbocycles. The zero-order chi connectivity index (χ0) is 4.99. The Balaban J connectivity index is 3.78. The Bertz CT molecular complexity index is 123. The topological polar surface area (TPSA) is 54.0 Å². The molecule has 0 aliphatic carbocycles. The van der Waals surface area contributed by atoms with Crippen molar-refractivity contribution in [2.75, 3.05) is 6.61 Å². The molecule has 0 N–H and O–H groups in total. The molecular weight excluding hydrogens is 104 g/mol. The average Bonchev–Trinajstić information content (AvgIpc) is 1.35. The summed E-state index contributed by atoms with van der Waals surface area (Å²) in [7, 11) is -2.25. The van der Waals surface area contributed by atoms with Crippen molar-refractivity contribution < 1.29 is 13.5 Å². The minimum atomic E-state index is -2.25. The molecule has 0 aromatic rings. The van der Waals surface area contributed by atoms with E-state index < -0.39 is 16.9 Å². The fourth-order valence-corrected chi connectivity index (χ4v) is 0.167. The van der Waals surface area contributed by atoms with Gasteiger partial charge in [0.25, 0.3) is 0 Å². The highest BCUT2D eigenvalue weighted by Crippen LogP contribution is 1.40. The van der Waals surface area contributed by atoms with Crippen molar-refractivity contribution in [3.63, 3.8) is 0 Å². The van der Waals surface area contributed by atoms with Crippen LogP contribution in [0, 0.1) is 0 Å². The van der Waals surface area contributed by atoms with Crippen LogP contribution in [0.2, 0.25) is 0 Å². The molecule has 0 atom stereocenters. The van der Waals surface area contributed by atoms with E-state index in [1.54, 1.807) is 0 Å². The summed E-state index contributed by atoms with van der Waals surface area (Å²) < 4.78 is 18.7. The fraction of sp³-hybridized carbons (Fsp3) is 0.500. The lowest BCUT2D eigenvalue weighted by molar-refractivity contribution is 0.250. The molecule has 1 radical (unpaired) electrons. The van der Waals surface area contributed by atoms with Crippen LogP contribution in [-0.4, -0.2) is 20.4 Å². The summed E-state index contributed by atoms with van der Waals surface area (Å²) in [6.45, 7) is -0.657. The zero-order valence-corrected chi connectivity index (χ0v) is 3.73. The van der Waals surface area contributed by atoms with Crippen molar-refractivity contribution in [2.24, 2.45) is 0 Å². The Hall–Kier alpha value is -0.350. The van der Waals surface area contributed by atoms with Gasteiger partial charge in [-0.25, -0.2) is 5.11 Å². The molecule has 0 aliphatic heterocycles. The van der Waals surface area contributed by atoms with Gasteiger partial charge in [0, 0.05) is 0 Å². The molecular formula is C2H3O3S. The smallest absolute Gasteiger partial charge is 0.212 e. The van der Waals surface area contributed by atoms with E-state index in [9.17, 15) is 13.5 Å². The number of hydrogen-bond donors (Lipinski definition) is 0. The van der Waals surface area contributed by atoms with Crippen LogP contribution < -0.4 is 0 Å². The molecule has 0 fully saturated rings. The SMILES string of the molecule is [O]CC=S(=O)=O. The Morgan fingerprint density at radius 3 is 2.00 bits per heavy atom. The van der Waals surface area contributed by atoms with Gasteiger partial charge in [0.15, 0.2) is 0 Å². The third-order valence-corrected chi connectivity index (χ3v) is 0.612. The van der Waals surface area contributed by atoms with Crippen LogP contribution in [0.4, 0.5) is 0 Å². The first-order chi connectivity index (χ1) is 2.77. The second kappa shape index (κ2) is 2.87. The van der Waals surface area contributed by atoms with Gasteiger partial charge >= 0.3 is 0 Å². The fourth-order valence-electron chi connectivity index (χ4n) is 0.0556. The Labute approximate surface area is 36.8 Å². The van der Waals surface area contributed by atoms with E-state index in [2.05, 4.69) is 0 Å². The summed E-state index contributed by atoms with van der Waals surface area (Å²) >= 11 is 0. The van der Waals surface area contributed by atoms with Crippen LogP contribution >= 0.6 is 0 Å². The van der Waals surface area contributed by atoms with Crippen LogP contribution in [0.3, 0.4) is 0 Å². The molecule has 0 saturated heterocycles. The van der Waals surface area contributed by atoms with Crippen molar-refractivity contribution in [1.29, 1.82) is 0 Å². The third-order valence-electron chi connectivity index (χ3n) is 0.204. The summed E-state index contributed by atoms with van der Waals surface area (Å²) in [5.74, 6) is 0. The largest absolute Gasteiger partial charge is 0.231 e. The second-order valence-electron chi connectivity index (χ2n) is 0.594. The molecule has 0 amide bonds. The van der Waals surface area contributed by atoms with E-state index in [4.69, 9.17) is 0 Å². The van der Waals surface area contributed by atoms with Crippen molar-refractivity contribution in [3.8, 4) is 0 Å². The monoisotopic (exact) mass is 107 g/mol. The van der Waals surface area contributed by atoms with Crippen molar-refractivity contribution in [2.45, 2.75) is 0 Å². The van der Waals surface area contributed by atoms with Gasteiger partial charge in [-0.15, -0.1) is 0 Å². The van der Waals surface area contributed by atoms with Gasteiger partial charge in [-0.1, -0.05) is 0 Å². The summed E-state index contributed by atoms with van der Waals surface area (Å²) in [6.07, 6.45) is 0. The second-order valence-corrected chi connectivity index (χ2v) is 1.45. The molecule has 0 aliphatic rings. The molecule has 0 heterocycles. The molecule has 0 spiro atoms. The maximum absolute atomic E-state index is 9.34. The first kappa shape index (κ1) is 5.65. The highest BCUT2D eigenvalue weighted by molar-refractivity contribution is 7.71. The van der Waals surface area contributed by atoms with E-state index in [1.165, 1.54) is 0 Å². The first-order valence-corrected chi connectivity index (χ1v) is 2.40. The summed E-state index contributed by atoms with van der Waals surface area (Å²) in [6, 6.07) is 0. The molecule has 0 bridgehead atoms. The van der Waals surface area contributed by atoms with E-state index in [0.717, 1.165) is 0 Å². The molecule has 3 nitrogen and oxygen atoms in total. The lowest BCUT2D eigenvalue weighted by Gasteiger charge is -1.54. The summed E-state index contributed by atoms with van der Waals surface area (Å²) in [4.78, 5) is 0. The lowest BCUT2D eigenvalue weighted by Crippen LogP contribution is -1.77. The molecule has 4 heteroatoms. The van der Waals surface area contributed by atoms with Gasteiger partial charge < -0.3 is 0 Å². The van der Waals surface area contributed by atoms with Crippen LogP contribution in [0.5, 0.6) is 0 Å². The number of rotatable bonds is 1. The predicted molar refractivity (Wildman–Crippen MR) is 20.5 cm³/mol. The highest BCUT2D eigenvalue weighted by Gasteiger charge is 1.64. The molecule has 6 heavy (non-hydrogen) atoms. The van der Waals surface area contributed by atoms with Crippen molar-refractivity contribution >= 4 is 15.7 Å². The van der Waals surface area contributed by atoms with Gasteiger partial charge in [-0.3, -0.25) is 0 Å². The lowest BCUT2D eigenvalue weighted by atomic mass is 10.9. The third kappa shape index (κ3) is 3.65. The molecule has 35 valence electrons. The first-order valence-electron chi connectivity index (χ1n) is 1.27. The minimum Gasteiger partial charge on any atom is -0.231 e. The normalized spacial score (nSPS) is 7.50. The van der Waals surface area contributed by atoms with E-state index in [1.807, 2.05) is 0 Å². The summed E-state index contributed by atoms with van der Waals surface area (Å²) in [5.41, 5.74) is 0. The van der Waals surface area contributed by atoms with Crippen LogP contribution in [0.1, 0.15) is 0 Å². The Kier molecular flexibility index (Phi) is 2.70. The highest BCUT2D eigenvalue weighted by atomic mass is 32.2. The van der Waals surface area contributed by atoms with Gasteiger partial charge in [0.1, 0.15) is 6.61 Å². The van der Waals surface area contributed by atoms with Gasteiger partial charge in [-0.2, -0.15) is 8.42 Å². The minimum absolute atomic E-state index is 0.653. The molecule has 0 aromatic carbocycles. The Morgan fingerprint density at radius 2 is 2.00 bits per heavy atom. The molecule has 0 rings (SSSR count). The average molecular weight is 107 g/mol. The van der Waals surface area contributed by atoms with Gasteiger partial charge in [-0.05, 0) is 0 Å². The van der Waals surface area contributed by atoms with Crippen molar-refractivity contribution in [1.82, 2.24) is 0 Å². The zero-order valence-electron chi connectivity index (χ0n) is 2.92. The predicted octanol–water partition coefficient (Wildman–Crippen LogP) is -0.902. The molecule has 0 unspecified atom stereocenters. The Morgan fingerprint density at radius 1 is 1.50 bits per heavy atom. The van der Waals surface area contributed by atoms with Crippen LogP contribution in [-0.2, 0) is 15.4 Å². The maximum atomic E-state index is 9.34. The van der Waals surface area contributed by atoms with E-state index >= 15 is 0 Å². The molecule has 0 aromatic heterocycles. The van der Waals surface area contributed by atoms with Gasteiger partial charge in [0.05, 0.1) is 5.37 Å². The van der Waals surface area contributed by atoms with E-state index in [-0.39, 0.29) is 0 Å². The summed E-state index contributed by atoms with van der Waals surface area (Å²) in [5, 5.41) is 9.94. The van der Waals surface area contributed by atoms with Crippen LogP contribution in [0.15, 0.2) is 0 Å². The van der Waals surface area contributed by atoms with Crippen molar-refractivity contribution in [3.05, 3.63) is 0 Å².